The molecule has 4 rings (SSSR count). The van der Waals surface area contributed by atoms with Gasteiger partial charge < -0.3 is 18.8 Å². The molecule has 0 spiro atoms. The van der Waals surface area contributed by atoms with E-state index in [1.165, 1.54) is 23.5 Å². The number of hydrogen-bond donors (Lipinski definition) is 1. The SMILES string of the molecule is CCOc1cc(C(=O)Nc2nc(-c3cc(C)n(-c4ccc(F)cc4)c3C)cs2)cc(OCC)c1OCC. The third-order valence-corrected chi connectivity index (χ3v) is 6.45. The van der Waals surface area contributed by atoms with Crippen LogP contribution in [0.2, 0.25) is 0 Å². The second-order valence-electron chi connectivity index (χ2n) is 8.19. The number of carbonyl (C=O) groups excluding carboxylic acids is 1. The Morgan fingerprint density at radius 1 is 0.973 bits per heavy atom. The number of thiazole rings is 1. The van der Waals surface area contributed by atoms with Gasteiger partial charge in [0.05, 0.1) is 25.5 Å². The number of benzene rings is 2. The topological polar surface area (TPSA) is 74.6 Å². The van der Waals surface area contributed by atoms with E-state index in [0.717, 1.165) is 28.3 Å². The van der Waals surface area contributed by atoms with Crippen molar-refractivity contribution < 1.29 is 23.4 Å². The number of aromatic nitrogens is 2. The van der Waals surface area contributed by atoms with Crippen molar-refractivity contribution in [3.63, 3.8) is 0 Å². The molecule has 1 amide bonds. The van der Waals surface area contributed by atoms with Gasteiger partial charge in [-0.15, -0.1) is 11.3 Å². The van der Waals surface area contributed by atoms with E-state index in [9.17, 15) is 9.18 Å². The van der Waals surface area contributed by atoms with Gasteiger partial charge in [0.15, 0.2) is 16.6 Å². The number of ether oxygens (including phenoxy) is 3. The van der Waals surface area contributed by atoms with Gasteiger partial charge in [0.1, 0.15) is 5.82 Å². The second kappa shape index (κ2) is 11.5. The third-order valence-electron chi connectivity index (χ3n) is 5.69. The lowest BCUT2D eigenvalue weighted by Crippen LogP contribution is -2.13. The molecule has 4 aromatic rings. The summed E-state index contributed by atoms with van der Waals surface area (Å²) in [5.74, 6) is 0.779. The van der Waals surface area contributed by atoms with Gasteiger partial charge in [-0.1, -0.05) is 0 Å². The Morgan fingerprint density at radius 2 is 1.59 bits per heavy atom. The van der Waals surface area contributed by atoms with Crippen molar-refractivity contribution >= 4 is 22.4 Å². The van der Waals surface area contributed by atoms with Crippen molar-refractivity contribution in [2.45, 2.75) is 34.6 Å². The maximum absolute atomic E-state index is 13.4. The van der Waals surface area contributed by atoms with Crippen molar-refractivity contribution in [3.05, 3.63) is 70.6 Å². The largest absolute Gasteiger partial charge is 0.490 e. The van der Waals surface area contributed by atoms with Gasteiger partial charge >= 0.3 is 0 Å². The molecule has 0 fully saturated rings. The first-order valence-corrected chi connectivity index (χ1v) is 13.0. The van der Waals surface area contributed by atoms with Crippen LogP contribution in [0.4, 0.5) is 9.52 Å². The molecule has 0 aliphatic carbocycles. The van der Waals surface area contributed by atoms with Crippen molar-refractivity contribution in [2.24, 2.45) is 0 Å². The maximum Gasteiger partial charge on any atom is 0.257 e. The van der Waals surface area contributed by atoms with Crippen LogP contribution in [-0.4, -0.2) is 35.3 Å². The molecule has 0 aliphatic rings. The summed E-state index contributed by atoms with van der Waals surface area (Å²) >= 11 is 1.34. The lowest BCUT2D eigenvalue weighted by molar-refractivity contribution is 0.102. The number of rotatable bonds is 10. The molecule has 194 valence electrons. The molecule has 0 saturated heterocycles. The van der Waals surface area contributed by atoms with E-state index in [2.05, 4.69) is 14.9 Å². The second-order valence-corrected chi connectivity index (χ2v) is 9.05. The van der Waals surface area contributed by atoms with E-state index < -0.39 is 0 Å². The minimum absolute atomic E-state index is 0.277. The van der Waals surface area contributed by atoms with E-state index in [1.54, 1.807) is 24.3 Å². The number of anilines is 1. The Kier molecular flexibility index (Phi) is 8.13. The van der Waals surface area contributed by atoms with E-state index in [0.29, 0.717) is 47.8 Å². The van der Waals surface area contributed by atoms with Gasteiger partial charge in [0, 0.05) is 33.6 Å². The quantitative estimate of drug-likeness (QED) is 0.247. The number of amides is 1. The Balaban J connectivity index is 1.60. The lowest BCUT2D eigenvalue weighted by Gasteiger charge is -2.16. The summed E-state index contributed by atoms with van der Waals surface area (Å²) in [5.41, 5.74) is 4.91. The molecule has 2 aromatic heterocycles. The van der Waals surface area contributed by atoms with Gasteiger partial charge in [0.2, 0.25) is 5.75 Å². The van der Waals surface area contributed by atoms with E-state index in [-0.39, 0.29) is 11.7 Å². The summed E-state index contributed by atoms with van der Waals surface area (Å²) in [6, 6.07) is 11.7. The molecule has 0 aliphatic heterocycles. The van der Waals surface area contributed by atoms with Crippen LogP contribution in [0, 0.1) is 19.7 Å². The van der Waals surface area contributed by atoms with Crippen molar-refractivity contribution in [1.82, 2.24) is 9.55 Å². The van der Waals surface area contributed by atoms with Gasteiger partial charge in [-0.25, -0.2) is 9.37 Å². The monoisotopic (exact) mass is 523 g/mol. The third kappa shape index (κ3) is 5.61. The minimum atomic E-state index is -0.331. The highest BCUT2D eigenvalue weighted by Gasteiger charge is 2.20. The van der Waals surface area contributed by atoms with E-state index in [4.69, 9.17) is 14.2 Å². The van der Waals surface area contributed by atoms with E-state index in [1.807, 2.05) is 46.1 Å². The Bertz CT molecular complexity index is 1370. The zero-order chi connectivity index (χ0) is 26.5. The molecule has 37 heavy (non-hydrogen) atoms. The molecule has 9 heteroatoms. The maximum atomic E-state index is 13.4. The number of carbonyl (C=O) groups is 1. The van der Waals surface area contributed by atoms with Crippen LogP contribution in [0.1, 0.15) is 42.5 Å². The number of halogens is 1. The standard InChI is InChI=1S/C28H30FN3O4S/c1-6-34-24-14-19(15-25(35-7-2)26(24)36-8-3)27(33)31-28-30-23(16-37-28)22-13-17(4)32(18(22)5)21-11-9-20(29)10-12-21/h9-16H,6-8H2,1-5H3,(H,30,31,33). The average molecular weight is 524 g/mol. The molecule has 0 bridgehead atoms. The van der Waals surface area contributed by atoms with E-state index >= 15 is 0 Å². The first-order valence-electron chi connectivity index (χ1n) is 12.1. The van der Waals surface area contributed by atoms with Crippen LogP contribution in [0.5, 0.6) is 17.2 Å². The average Bonchev–Trinajstić information content (AvgIpc) is 3.45. The fourth-order valence-corrected chi connectivity index (χ4v) is 4.86. The van der Waals surface area contributed by atoms with Crippen molar-refractivity contribution in [3.8, 4) is 34.2 Å². The molecule has 0 atom stereocenters. The summed E-state index contributed by atoms with van der Waals surface area (Å²) in [6.07, 6.45) is 0. The highest BCUT2D eigenvalue weighted by atomic mass is 32.1. The van der Waals surface area contributed by atoms with Crippen molar-refractivity contribution in [2.75, 3.05) is 25.1 Å². The highest BCUT2D eigenvalue weighted by molar-refractivity contribution is 7.14. The normalized spacial score (nSPS) is 10.9. The Labute approximate surface area is 219 Å². The zero-order valence-electron chi connectivity index (χ0n) is 21.6. The molecule has 7 nitrogen and oxygen atoms in total. The predicted octanol–water partition coefficient (Wildman–Crippen LogP) is 6.81. The summed E-state index contributed by atoms with van der Waals surface area (Å²) in [4.78, 5) is 17.8. The molecule has 0 radical (unpaired) electrons. The molecule has 1 N–H and O–H groups in total. The number of nitrogens with zero attached hydrogens (tertiary/aromatic N) is 2. The fraction of sp³-hybridized carbons (Fsp3) is 0.286. The molecular weight excluding hydrogens is 493 g/mol. The summed E-state index contributed by atoms with van der Waals surface area (Å²) in [5, 5.41) is 5.26. The predicted molar refractivity (Wildman–Crippen MR) is 144 cm³/mol. The summed E-state index contributed by atoms with van der Waals surface area (Å²) < 4.78 is 32.6. The molecule has 0 saturated carbocycles. The molecule has 0 unspecified atom stereocenters. The minimum Gasteiger partial charge on any atom is -0.490 e. The smallest absolute Gasteiger partial charge is 0.257 e. The molecular formula is C28H30FN3O4S. The molecule has 2 aromatic carbocycles. The number of hydrogen-bond acceptors (Lipinski definition) is 6. The number of nitrogens with one attached hydrogen (secondary N) is 1. The van der Waals surface area contributed by atoms with Gasteiger partial charge in [-0.2, -0.15) is 0 Å². The first-order chi connectivity index (χ1) is 17.9. The van der Waals surface area contributed by atoms with Gasteiger partial charge in [0.25, 0.3) is 5.91 Å². The van der Waals surface area contributed by atoms with Crippen LogP contribution in [0.3, 0.4) is 0 Å². The Morgan fingerprint density at radius 3 is 2.19 bits per heavy atom. The highest BCUT2D eigenvalue weighted by Crippen LogP contribution is 2.39. The van der Waals surface area contributed by atoms with Crippen LogP contribution >= 0.6 is 11.3 Å². The summed E-state index contributed by atoms with van der Waals surface area (Å²) in [6.45, 7) is 10.9. The van der Waals surface area contributed by atoms with Gasteiger partial charge in [-0.3, -0.25) is 10.1 Å². The Hall–Kier alpha value is -3.85. The first kappa shape index (κ1) is 26.2. The van der Waals surface area contributed by atoms with Crippen molar-refractivity contribution in [1.29, 1.82) is 0 Å². The summed E-state index contributed by atoms with van der Waals surface area (Å²) in [7, 11) is 0. The van der Waals surface area contributed by atoms with Crippen LogP contribution in [0.25, 0.3) is 16.9 Å². The van der Waals surface area contributed by atoms with Crippen LogP contribution in [-0.2, 0) is 0 Å². The number of aryl methyl sites for hydroxylation is 1. The zero-order valence-corrected chi connectivity index (χ0v) is 22.4. The van der Waals surface area contributed by atoms with Crippen LogP contribution in [0.15, 0.2) is 47.8 Å². The lowest BCUT2D eigenvalue weighted by atomic mass is 10.1. The van der Waals surface area contributed by atoms with Gasteiger partial charge in [-0.05, 0) is 77.1 Å². The molecule has 2 heterocycles. The van der Waals surface area contributed by atoms with Crippen LogP contribution < -0.4 is 19.5 Å². The fourth-order valence-electron chi connectivity index (χ4n) is 4.15.